The third kappa shape index (κ3) is 4.30. The second-order valence-electron chi connectivity index (χ2n) is 4.66. The van der Waals surface area contributed by atoms with Crippen LogP contribution in [0.5, 0.6) is 0 Å². The Bertz CT molecular complexity index is 567. The van der Waals surface area contributed by atoms with Crippen molar-refractivity contribution in [2.75, 3.05) is 18.4 Å². The van der Waals surface area contributed by atoms with E-state index in [2.05, 4.69) is 10.6 Å². The number of rotatable bonds is 6. The van der Waals surface area contributed by atoms with Gasteiger partial charge in [0.1, 0.15) is 4.90 Å². The minimum atomic E-state index is -3.84. The van der Waals surface area contributed by atoms with E-state index in [-0.39, 0.29) is 23.0 Å². The Kier molecular flexibility index (Phi) is 4.18. The fourth-order valence-corrected chi connectivity index (χ4v) is 2.42. The highest BCUT2D eigenvalue weighted by atomic mass is 32.2. The molecular weight excluding hydrogens is 266 g/mol. The number of carbonyl (C=O) groups is 1. The van der Waals surface area contributed by atoms with Crippen LogP contribution in [0.15, 0.2) is 29.2 Å². The molecule has 0 radical (unpaired) electrons. The molecular formula is C12H17N3O3S. The number of hydrogen-bond donors (Lipinski definition) is 3. The van der Waals surface area contributed by atoms with E-state index >= 15 is 0 Å². The zero-order chi connectivity index (χ0) is 13.9. The molecule has 1 amide bonds. The Morgan fingerprint density at radius 2 is 2.00 bits per heavy atom. The molecule has 1 aromatic carbocycles. The van der Waals surface area contributed by atoms with Gasteiger partial charge in [-0.05, 0) is 37.4 Å². The van der Waals surface area contributed by atoms with Crippen molar-refractivity contribution in [2.45, 2.75) is 17.7 Å². The van der Waals surface area contributed by atoms with Gasteiger partial charge < -0.3 is 10.6 Å². The number of primary sulfonamides is 1. The summed E-state index contributed by atoms with van der Waals surface area (Å²) in [4.78, 5) is 11.6. The number of benzene rings is 1. The normalized spacial score (nSPS) is 15.2. The average molecular weight is 283 g/mol. The molecule has 104 valence electrons. The molecule has 1 aromatic rings. The summed E-state index contributed by atoms with van der Waals surface area (Å²) in [5.74, 6) is 0.404. The molecule has 0 aromatic heterocycles. The van der Waals surface area contributed by atoms with Crippen LogP contribution in [0.2, 0.25) is 0 Å². The van der Waals surface area contributed by atoms with E-state index in [1.807, 2.05) is 0 Å². The molecule has 7 heteroatoms. The van der Waals surface area contributed by atoms with Crippen LogP contribution in [0.25, 0.3) is 0 Å². The first-order valence-electron chi connectivity index (χ1n) is 6.09. The molecule has 0 saturated heterocycles. The Hall–Kier alpha value is -1.44. The topological polar surface area (TPSA) is 101 Å². The zero-order valence-electron chi connectivity index (χ0n) is 10.4. The fraction of sp³-hybridized carbons (Fsp3) is 0.417. The van der Waals surface area contributed by atoms with Gasteiger partial charge in [-0.1, -0.05) is 12.1 Å². The van der Waals surface area contributed by atoms with Gasteiger partial charge in [0.25, 0.3) is 0 Å². The maximum Gasteiger partial charge on any atom is 0.240 e. The van der Waals surface area contributed by atoms with E-state index in [0.717, 1.165) is 6.54 Å². The lowest BCUT2D eigenvalue weighted by Gasteiger charge is -2.09. The smallest absolute Gasteiger partial charge is 0.240 e. The summed E-state index contributed by atoms with van der Waals surface area (Å²) in [7, 11) is -3.84. The van der Waals surface area contributed by atoms with E-state index in [4.69, 9.17) is 5.14 Å². The molecule has 0 bridgehead atoms. The molecule has 2 rings (SSSR count). The van der Waals surface area contributed by atoms with Crippen molar-refractivity contribution in [3.8, 4) is 0 Å². The highest BCUT2D eigenvalue weighted by molar-refractivity contribution is 7.89. The van der Waals surface area contributed by atoms with Crippen LogP contribution in [0, 0.1) is 5.92 Å². The lowest BCUT2D eigenvalue weighted by atomic mass is 10.3. The van der Waals surface area contributed by atoms with Crippen molar-refractivity contribution < 1.29 is 13.2 Å². The van der Waals surface area contributed by atoms with Crippen molar-refractivity contribution in [3.63, 3.8) is 0 Å². The van der Waals surface area contributed by atoms with Gasteiger partial charge >= 0.3 is 0 Å². The molecule has 1 aliphatic carbocycles. The molecule has 0 aliphatic heterocycles. The van der Waals surface area contributed by atoms with Crippen LogP contribution in [-0.2, 0) is 14.8 Å². The molecule has 6 nitrogen and oxygen atoms in total. The van der Waals surface area contributed by atoms with E-state index < -0.39 is 10.0 Å². The van der Waals surface area contributed by atoms with Crippen LogP contribution < -0.4 is 15.8 Å². The fourth-order valence-electron chi connectivity index (χ4n) is 1.72. The third-order valence-electron chi connectivity index (χ3n) is 2.88. The summed E-state index contributed by atoms with van der Waals surface area (Å²) in [5, 5.41) is 10.7. The maximum absolute atomic E-state index is 11.7. The number of para-hydroxylation sites is 1. The van der Waals surface area contributed by atoms with Gasteiger partial charge in [-0.2, -0.15) is 0 Å². The van der Waals surface area contributed by atoms with Crippen molar-refractivity contribution in [3.05, 3.63) is 24.3 Å². The first-order valence-corrected chi connectivity index (χ1v) is 7.64. The molecule has 0 atom stereocenters. The van der Waals surface area contributed by atoms with Gasteiger partial charge in [0.15, 0.2) is 0 Å². The number of hydrogen-bond acceptors (Lipinski definition) is 4. The molecule has 0 unspecified atom stereocenters. The van der Waals surface area contributed by atoms with Crippen molar-refractivity contribution >= 4 is 21.6 Å². The van der Waals surface area contributed by atoms with Crippen LogP contribution in [0.4, 0.5) is 5.69 Å². The highest BCUT2D eigenvalue weighted by Crippen LogP contribution is 2.27. The lowest BCUT2D eigenvalue weighted by molar-refractivity contribution is -0.115. The molecule has 4 N–H and O–H groups in total. The summed E-state index contributed by atoms with van der Waals surface area (Å²) >= 11 is 0. The number of anilines is 1. The number of nitrogens with one attached hydrogen (secondary N) is 2. The minimum Gasteiger partial charge on any atom is -0.324 e. The molecule has 19 heavy (non-hydrogen) atoms. The van der Waals surface area contributed by atoms with Crippen LogP contribution in [0.3, 0.4) is 0 Å². The Morgan fingerprint density at radius 1 is 1.32 bits per heavy atom. The van der Waals surface area contributed by atoms with Gasteiger partial charge in [0.05, 0.1) is 12.2 Å². The largest absolute Gasteiger partial charge is 0.324 e. The summed E-state index contributed by atoms with van der Waals surface area (Å²) in [6.07, 6.45) is 2.42. The molecule has 0 spiro atoms. The second kappa shape index (κ2) is 5.68. The summed E-state index contributed by atoms with van der Waals surface area (Å²) in [5.41, 5.74) is 0.211. The van der Waals surface area contributed by atoms with Crippen molar-refractivity contribution in [2.24, 2.45) is 11.1 Å². The molecule has 1 fully saturated rings. The van der Waals surface area contributed by atoms with E-state index in [0.29, 0.717) is 5.92 Å². The van der Waals surface area contributed by atoms with E-state index in [1.54, 1.807) is 12.1 Å². The third-order valence-corrected chi connectivity index (χ3v) is 3.85. The van der Waals surface area contributed by atoms with Crippen LogP contribution in [-0.4, -0.2) is 27.4 Å². The standard InChI is InChI=1S/C12H17N3O3S/c13-19(17,18)11-4-2-1-3-10(11)15-12(16)8-14-7-9-5-6-9/h1-4,9,14H,5-8H2,(H,15,16)(H2,13,17,18). The van der Waals surface area contributed by atoms with Gasteiger partial charge in [-0.3, -0.25) is 4.79 Å². The lowest BCUT2D eigenvalue weighted by Crippen LogP contribution is -2.30. The number of amides is 1. The molecule has 1 aliphatic rings. The first kappa shape index (κ1) is 14.0. The predicted molar refractivity (Wildman–Crippen MR) is 72.0 cm³/mol. The Morgan fingerprint density at radius 3 is 2.63 bits per heavy atom. The Labute approximate surface area is 112 Å². The number of sulfonamides is 1. The molecule has 0 heterocycles. The van der Waals surface area contributed by atoms with Gasteiger partial charge in [-0.15, -0.1) is 0 Å². The van der Waals surface area contributed by atoms with Crippen molar-refractivity contribution in [1.29, 1.82) is 0 Å². The van der Waals surface area contributed by atoms with E-state index in [9.17, 15) is 13.2 Å². The second-order valence-corrected chi connectivity index (χ2v) is 6.19. The Balaban J connectivity index is 1.95. The van der Waals surface area contributed by atoms with Crippen molar-refractivity contribution in [1.82, 2.24) is 5.32 Å². The monoisotopic (exact) mass is 283 g/mol. The minimum absolute atomic E-state index is 0.0782. The van der Waals surface area contributed by atoms with Crippen LogP contribution in [0.1, 0.15) is 12.8 Å². The summed E-state index contributed by atoms with van der Waals surface area (Å²) in [6.45, 7) is 0.986. The quantitative estimate of drug-likeness (QED) is 0.697. The maximum atomic E-state index is 11.7. The van der Waals surface area contributed by atoms with Gasteiger partial charge in [0.2, 0.25) is 15.9 Å². The zero-order valence-corrected chi connectivity index (χ0v) is 11.2. The van der Waals surface area contributed by atoms with Gasteiger partial charge in [-0.25, -0.2) is 13.6 Å². The summed E-state index contributed by atoms with van der Waals surface area (Å²) in [6, 6.07) is 6.07. The van der Waals surface area contributed by atoms with E-state index in [1.165, 1.54) is 25.0 Å². The van der Waals surface area contributed by atoms with Gasteiger partial charge in [0, 0.05) is 0 Å². The first-order chi connectivity index (χ1) is 8.97. The van der Waals surface area contributed by atoms with Crippen LogP contribution >= 0.6 is 0 Å². The SMILES string of the molecule is NS(=O)(=O)c1ccccc1NC(=O)CNCC1CC1. The number of carbonyl (C=O) groups excluding carboxylic acids is 1. The average Bonchev–Trinajstić information content (AvgIpc) is 3.12. The molecule has 1 saturated carbocycles. The predicted octanol–water partition coefficient (Wildman–Crippen LogP) is 0.272. The highest BCUT2D eigenvalue weighted by Gasteiger charge is 2.21. The summed E-state index contributed by atoms with van der Waals surface area (Å²) < 4.78 is 22.7. The number of nitrogens with two attached hydrogens (primary N) is 1.